The van der Waals surface area contributed by atoms with Crippen molar-refractivity contribution in [3.8, 4) is 0 Å². The maximum absolute atomic E-state index is 13.4. The fourth-order valence-corrected chi connectivity index (χ4v) is 8.39. The van der Waals surface area contributed by atoms with Gasteiger partial charge in [-0.3, -0.25) is 18.8 Å². The minimum Gasteiger partial charge on any atom is -0.426 e. The summed E-state index contributed by atoms with van der Waals surface area (Å²) in [6.45, 7) is 4.37. The van der Waals surface area contributed by atoms with E-state index in [1.807, 2.05) is 12.1 Å². The molecule has 3 heterocycles. The zero-order valence-corrected chi connectivity index (χ0v) is 24.5. The lowest BCUT2D eigenvalue weighted by Gasteiger charge is -2.56. The van der Waals surface area contributed by atoms with Gasteiger partial charge in [-0.05, 0) is 86.7 Å². The molecule has 2 atom stereocenters. The molecule has 2 N–H and O–H groups in total. The number of nitrogens with one attached hydrogen (secondary N) is 2. The van der Waals surface area contributed by atoms with Crippen molar-refractivity contribution in [3.63, 3.8) is 0 Å². The Morgan fingerprint density at radius 1 is 1.07 bits per heavy atom. The van der Waals surface area contributed by atoms with E-state index < -0.39 is 18.4 Å². The third-order valence-electron chi connectivity index (χ3n) is 9.60. The number of piperidine rings is 1. The Labute approximate surface area is 245 Å². The number of amides is 3. The molecule has 4 saturated carbocycles. The average molecular weight is 580 g/mol. The first-order valence-electron chi connectivity index (χ1n) is 15.3. The third-order valence-corrected chi connectivity index (χ3v) is 9.60. The molecule has 0 spiro atoms. The van der Waals surface area contributed by atoms with Gasteiger partial charge >= 0.3 is 12.1 Å². The average Bonchev–Trinajstić information content (AvgIpc) is 3.33. The second kappa shape index (κ2) is 11.6. The summed E-state index contributed by atoms with van der Waals surface area (Å²) in [6, 6.07) is 5.20. The summed E-state index contributed by atoms with van der Waals surface area (Å²) >= 11 is 0. The highest BCUT2D eigenvalue weighted by molar-refractivity contribution is 5.93. The highest BCUT2D eigenvalue weighted by Gasteiger charge is 2.50. The smallest absolute Gasteiger partial charge is 0.410 e. The van der Waals surface area contributed by atoms with Crippen molar-refractivity contribution in [1.82, 2.24) is 24.9 Å². The maximum Gasteiger partial charge on any atom is 0.410 e. The van der Waals surface area contributed by atoms with Gasteiger partial charge < -0.3 is 25.0 Å². The van der Waals surface area contributed by atoms with Crippen LogP contribution in [0.5, 0.6) is 0 Å². The lowest BCUT2D eigenvalue weighted by molar-refractivity contribution is -0.162. The van der Waals surface area contributed by atoms with E-state index in [0.29, 0.717) is 36.5 Å². The van der Waals surface area contributed by atoms with Crippen LogP contribution in [0.25, 0.3) is 5.65 Å². The number of hydrogen-bond acceptors (Lipinski definition) is 7. The van der Waals surface area contributed by atoms with Crippen molar-refractivity contribution in [2.45, 2.75) is 84.0 Å². The monoisotopic (exact) mass is 579 g/mol. The highest BCUT2D eigenvalue weighted by Crippen LogP contribution is 2.59. The van der Waals surface area contributed by atoms with Crippen LogP contribution in [0.4, 0.5) is 4.79 Å². The number of pyridine rings is 1. The van der Waals surface area contributed by atoms with Crippen LogP contribution in [-0.4, -0.2) is 70.1 Å². The molecule has 42 heavy (non-hydrogen) atoms. The van der Waals surface area contributed by atoms with Crippen LogP contribution in [0.3, 0.4) is 0 Å². The first-order valence-corrected chi connectivity index (χ1v) is 15.3. The summed E-state index contributed by atoms with van der Waals surface area (Å²) in [5, 5.41) is 6.01. The number of aromatic nitrogens is 2. The lowest BCUT2D eigenvalue weighted by Crippen LogP contribution is -2.51. The minimum absolute atomic E-state index is 0.0939. The molecular weight excluding hydrogens is 538 g/mol. The molecule has 2 aromatic rings. The van der Waals surface area contributed by atoms with E-state index in [-0.39, 0.29) is 29.7 Å². The quantitative estimate of drug-likeness (QED) is 0.362. The highest BCUT2D eigenvalue weighted by atomic mass is 16.7. The molecule has 5 aliphatic rings. The normalized spacial score (nSPS) is 28.8. The number of nitrogens with zero attached hydrogens (tertiary/aromatic N) is 3. The van der Waals surface area contributed by atoms with E-state index in [4.69, 9.17) is 9.47 Å². The van der Waals surface area contributed by atoms with Gasteiger partial charge in [0.15, 0.2) is 0 Å². The Balaban J connectivity index is 1.05. The summed E-state index contributed by atoms with van der Waals surface area (Å²) in [5.41, 5.74) is 1.99. The molecule has 11 heteroatoms. The second-order valence-electron chi connectivity index (χ2n) is 13.1. The number of alkyl carbamates (subject to hydrolysis) is 1. The Kier molecular flexibility index (Phi) is 7.85. The fourth-order valence-electron chi connectivity index (χ4n) is 8.39. The number of ether oxygens (including phenoxy) is 2. The molecule has 4 bridgehead atoms. The number of likely N-dealkylation sites (tertiary alicyclic amines) is 1. The molecule has 0 aromatic carbocycles. The molecule has 5 fully saturated rings. The third kappa shape index (κ3) is 6.24. The number of rotatable bonds is 8. The first-order chi connectivity index (χ1) is 20.1. The van der Waals surface area contributed by atoms with E-state index in [2.05, 4.69) is 15.6 Å². The van der Waals surface area contributed by atoms with E-state index in [0.717, 1.165) is 30.7 Å². The standard InChI is InChI=1S/C31H41N5O6/c1-19(37)41-20(2)42-30(40)34-24-5-4-8-35(16-24)28(38)12-25-17-36-26(6-3-7-27(36)33-25)29(39)32-18-31-13-21-9-22(14-31)11-23(10-21)15-31/h3,6-7,17,20-24H,4-5,8-16,18H2,1-2H3,(H,32,39)(H,34,40)/t20?,21?,22?,23?,24-,31?/m1/s1. The van der Waals surface area contributed by atoms with Gasteiger partial charge in [0.1, 0.15) is 11.3 Å². The van der Waals surface area contributed by atoms with Crippen molar-refractivity contribution in [2.24, 2.45) is 23.2 Å². The summed E-state index contributed by atoms with van der Waals surface area (Å²) in [7, 11) is 0. The van der Waals surface area contributed by atoms with Crippen LogP contribution in [0.2, 0.25) is 0 Å². The number of esters is 1. The fraction of sp³-hybridized carbons (Fsp3) is 0.645. The van der Waals surface area contributed by atoms with Gasteiger partial charge in [-0.25, -0.2) is 9.78 Å². The molecular formula is C31H41N5O6. The lowest BCUT2D eigenvalue weighted by atomic mass is 9.49. The Bertz CT molecular complexity index is 1340. The molecule has 11 nitrogen and oxygen atoms in total. The van der Waals surface area contributed by atoms with Crippen LogP contribution < -0.4 is 10.6 Å². The maximum atomic E-state index is 13.4. The SMILES string of the molecule is CC(=O)OC(C)OC(=O)N[C@@H]1CCCN(C(=O)Cc2cn3c(C(=O)NCC45CC6CC(CC(C6)C4)C5)cccc3n2)C1. The van der Waals surface area contributed by atoms with E-state index in [9.17, 15) is 19.2 Å². The van der Waals surface area contributed by atoms with Crippen LogP contribution in [0.15, 0.2) is 24.4 Å². The van der Waals surface area contributed by atoms with E-state index >= 15 is 0 Å². The second-order valence-corrected chi connectivity index (χ2v) is 13.1. The largest absolute Gasteiger partial charge is 0.426 e. The first kappa shape index (κ1) is 28.5. The van der Waals surface area contributed by atoms with Crippen molar-refractivity contribution < 1.29 is 28.7 Å². The number of carbonyl (C=O) groups excluding carboxylic acids is 4. The number of fused-ring (bicyclic) bond motifs is 1. The molecule has 1 saturated heterocycles. The summed E-state index contributed by atoms with van der Waals surface area (Å²) < 4.78 is 11.7. The summed E-state index contributed by atoms with van der Waals surface area (Å²) in [6.07, 6.45) is 9.46. The summed E-state index contributed by atoms with van der Waals surface area (Å²) in [4.78, 5) is 56.1. The van der Waals surface area contributed by atoms with E-state index in [1.54, 1.807) is 21.6 Å². The Hall–Kier alpha value is -3.63. The topological polar surface area (TPSA) is 131 Å². The zero-order chi connectivity index (χ0) is 29.4. The Morgan fingerprint density at radius 3 is 2.48 bits per heavy atom. The van der Waals surface area contributed by atoms with Gasteiger partial charge in [-0.2, -0.15) is 0 Å². The number of imidazole rings is 1. The molecule has 1 aliphatic heterocycles. The molecule has 4 aliphatic carbocycles. The van der Waals surface area contributed by atoms with Gasteiger partial charge in [0.05, 0.1) is 12.1 Å². The molecule has 3 amide bonds. The molecule has 1 unspecified atom stereocenters. The zero-order valence-electron chi connectivity index (χ0n) is 24.5. The minimum atomic E-state index is -0.997. The summed E-state index contributed by atoms with van der Waals surface area (Å²) in [5.74, 6) is 1.76. The Morgan fingerprint density at radius 2 is 1.79 bits per heavy atom. The van der Waals surface area contributed by atoms with Crippen molar-refractivity contribution in [3.05, 3.63) is 35.8 Å². The number of carbonyl (C=O) groups is 4. The van der Waals surface area contributed by atoms with Gasteiger partial charge in [-0.15, -0.1) is 0 Å². The van der Waals surface area contributed by atoms with Gasteiger partial charge in [0, 0.05) is 45.7 Å². The van der Waals surface area contributed by atoms with Crippen LogP contribution in [0.1, 0.15) is 81.4 Å². The number of hydrogen-bond donors (Lipinski definition) is 2. The van der Waals surface area contributed by atoms with Crippen LogP contribution in [-0.2, 0) is 25.5 Å². The van der Waals surface area contributed by atoms with Crippen molar-refractivity contribution in [1.29, 1.82) is 0 Å². The molecule has 7 rings (SSSR count). The predicted molar refractivity (Wildman–Crippen MR) is 152 cm³/mol. The molecule has 2 aromatic heterocycles. The van der Waals surface area contributed by atoms with Crippen molar-refractivity contribution in [2.75, 3.05) is 19.6 Å². The van der Waals surface area contributed by atoms with Gasteiger partial charge in [-0.1, -0.05) is 6.07 Å². The molecule has 0 radical (unpaired) electrons. The van der Waals surface area contributed by atoms with Gasteiger partial charge in [0.25, 0.3) is 5.91 Å². The van der Waals surface area contributed by atoms with Crippen LogP contribution in [0, 0.1) is 23.2 Å². The van der Waals surface area contributed by atoms with Gasteiger partial charge in [0.2, 0.25) is 12.2 Å². The van der Waals surface area contributed by atoms with Crippen LogP contribution >= 0.6 is 0 Å². The van der Waals surface area contributed by atoms with Crippen molar-refractivity contribution >= 4 is 29.5 Å². The van der Waals surface area contributed by atoms with E-state index in [1.165, 1.54) is 52.4 Å². The predicted octanol–water partition coefficient (Wildman–Crippen LogP) is 3.45. The molecule has 226 valence electrons.